The zero-order valence-corrected chi connectivity index (χ0v) is 18.3. The van der Waals surface area contributed by atoms with Gasteiger partial charge in [-0.15, -0.1) is 0 Å². The molecule has 154 valence electrons. The third-order valence-electron chi connectivity index (χ3n) is 5.25. The van der Waals surface area contributed by atoms with Crippen molar-refractivity contribution in [2.75, 3.05) is 5.75 Å². The van der Waals surface area contributed by atoms with Crippen molar-refractivity contribution >= 4 is 56.8 Å². The van der Waals surface area contributed by atoms with Gasteiger partial charge in [-0.2, -0.15) is 12.6 Å². The Bertz CT molecular complexity index is 1230. The summed E-state index contributed by atoms with van der Waals surface area (Å²) in [5.74, 6) is 0.120. The normalized spacial score (nSPS) is 13.1. The molecule has 0 fully saturated rings. The Labute approximate surface area is 181 Å². The second kappa shape index (κ2) is 7.80. The summed E-state index contributed by atoms with van der Waals surface area (Å²) in [7, 11) is 0. The maximum Gasteiger partial charge on any atom is 0.408 e. The zero-order valence-electron chi connectivity index (χ0n) is 17.4. The van der Waals surface area contributed by atoms with E-state index >= 15 is 0 Å². The van der Waals surface area contributed by atoms with Crippen LogP contribution in [0.4, 0.5) is 4.79 Å². The Morgan fingerprint density at radius 1 is 0.933 bits per heavy atom. The first-order chi connectivity index (χ1) is 14.3. The fourth-order valence-electron chi connectivity index (χ4n) is 3.94. The molecular formula is C25H25NO3S. The lowest BCUT2D eigenvalue weighted by atomic mass is 9.90. The van der Waals surface area contributed by atoms with Crippen molar-refractivity contribution in [2.45, 2.75) is 38.8 Å². The first-order valence-electron chi connectivity index (χ1n) is 10.1. The van der Waals surface area contributed by atoms with Crippen molar-refractivity contribution in [1.29, 1.82) is 0 Å². The minimum atomic E-state index is -0.707. The first kappa shape index (κ1) is 20.5. The number of thiol groups is 1. The number of ketones is 1. The highest BCUT2D eigenvalue weighted by Gasteiger charge is 2.24. The van der Waals surface area contributed by atoms with Gasteiger partial charge in [-0.1, -0.05) is 54.6 Å². The average molecular weight is 420 g/mol. The number of hydrogen-bond acceptors (Lipinski definition) is 4. The van der Waals surface area contributed by atoms with Gasteiger partial charge in [0.1, 0.15) is 5.60 Å². The summed E-state index contributed by atoms with van der Waals surface area (Å²) in [6, 6.07) is 18.1. The van der Waals surface area contributed by atoms with Gasteiger partial charge in [0.15, 0.2) is 5.78 Å². The van der Waals surface area contributed by atoms with Gasteiger partial charge < -0.3 is 10.1 Å². The van der Waals surface area contributed by atoms with Crippen LogP contribution in [0.1, 0.15) is 26.3 Å². The second-order valence-electron chi connectivity index (χ2n) is 8.61. The molecule has 0 bridgehead atoms. The van der Waals surface area contributed by atoms with Crippen molar-refractivity contribution in [2.24, 2.45) is 0 Å². The highest BCUT2D eigenvalue weighted by molar-refractivity contribution is 7.80. The van der Waals surface area contributed by atoms with E-state index in [-0.39, 0.29) is 18.0 Å². The SMILES string of the molecule is CC(C)(C)OC(=O)N[C@@H](CS)C(=O)Cc1ccc2ccc3cccc4ccc1c2c34. The third-order valence-corrected chi connectivity index (χ3v) is 5.61. The van der Waals surface area contributed by atoms with Crippen molar-refractivity contribution in [3.05, 3.63) is 60.2 Å². The molecule has 4 nitrogen and oxygen atoms in total. The molecule has 0 aliphatic heterocycles. The molecule has 1 N–H and O–H groups in total. The molecule has 30 heavy (non-hydrogen) atoms. The van der Waals surface area contributed by atoms with Crippen LogP contribution in [0.25, 0.3) is 32.3 Å². The lowest BCUT2D eigenvalue weighted by Crippen LogP contribution is -2.45. The predicted octanol–water partition coefficient (Wildman–Crippen LogP) is 5.52. The average Bonchev–Trinajstić information content (AvgIpc) is 2.70. The van der Waals surface area contributed by atoms with Crippen LogP contribution < -0.4 is 5.32 Å². The van der Waals surface area contributed by atoms with Crippen molar-refractivity contribution in [3.63, 3.8) is 0 Å². The molecule has 0 heterocycles. The predicted molar refractivity (Wildman–Crippen MR) is 126 cm³/mol. The van der Waals surface area contributed by atoms with Crippen LogP contribution in [0.15, 0.2) is 54.6 Å². The fraction of sp³-hybridized carbons (Fsp3) is 0.280. The molecule has 4 aromatic rings. The monoisotopic (exact) mass is 419 g/mol. The first-order valence-corrected chi connectivity index (χ1v) is 10.7. The topological polar surface area (TPSA) is 55.4 Å². The molecule has 0 aromatic heterocycles. The maximum absolute atomic E-state index is 13.0. The van der Waals surface area contributed by atoms with Gasteiger partial charge in [0, 0.05) is 12.2 Å². The molecule has 0 saturated carbocycles. The summed E-state index contributed by atoms with van der Waals surface area (Å²) in [5, 5.41) is 9.66. The van der Waals surface area contributed by atoms with Crippen molar-refractivity contribution < 1.29 is 14.3 Å². The fourth-order valence-corrected chi connectivity index (χ4v) is 4.23. The second-order valence-corrected chi connectivity index (χ2v) is 8.97. The van der Waals surface area contributed by atoms with Crippen LogP contribution in [-0.4, -0.2) is 29.3 Å². The number of benzene rings is 4. The lowest BCUT2D eigenvalue weighted by molar-refractivity contribution is -0.119. The Balaban J connectivity index is 1.66. The summed E-state index contributed by atoms with van der Waals surface area (Å²) in [6.45, 7) is 5.36. The van der Waals surface area contributed by atoms with Gasteiger partial charge in [-0.25, -0.2) is 4.79 Å². The molecule has 0 radical (unpaired) electrons. The van der Waals surface area contributed by atoms with E-state index in [1.54, 1.807) is 20.8 Å². The molecule has 4 rings (SSSR count). The van der Waals surface area contributed by atoms with Crippen LogP contribution in [0.2, 0.25) is 0 Å². The molecule has 0 aliphatic rings. The standard InChI is InChI=1S/C25H25NO3S/c1-25(2,3)29-24(28)26-20(14-30)21(27)13-18-10-9-17-8-7-15-5-4-6-16-11-12-19(18)23(17)22(15)16/h4-12,20,30H,13-14H2,1-3H3,(H,26,28)/t20-/m0/s1. The van der Waals surface area contributed by atoms with E-state index in [4.69, 9.17) is 4.74 Å². The van der Waals surface area contributed by atoms with E-state index in [2.05, 4.69) is 66.5 Å². The Kier molecular flexibility index (Phi) is 5.33. The molecule has 1 amide bonds. The Morgan fingerprint density at radius 3 is 2.17 bits per heavy atom. The molecule has 0 spiro atoms. The number of alkyl carbamates (subject to hydrolysis) is 1. The van der Waals surface area contributed by atoms with Gasteiger partial charge in [0.25, 0.3) is 0 Å². The van der Waals surface area contributed by atoms with E-state index in [1.165, 1.54) is 21.5 Å². The van der Waals surface area contributed by atoms with E-state index in [9.17, 15) is 9.59 Å². The zero-order chi connectivity index (χ0) is 21.5. The summed E-state index contributed by atoms with van der Waals surface area (Å²) >= 11 is 4.27. The number of nitrogens with one attached hydrogen (secondary N) is 1. The minimum Gasteiger partial charge on any atom is -0.444 e. The van der Waals surface area contributed by atoms with Gasteiger partial charge >= 0.3 is 6.09 Å². The van der Waals surface area contributed by atoms with E-state index in [0.717, 1.165) is 16.3 Å². The number of amides is 1. The summed E-state index contributed by atoms with van der Waals surface area (Å²) < 4.78 is 5.28. The van der Waals surface area contributed by atoms with E-state index < -0.39 is 17.7 Å². The molecular weight excluding hydrogens is 394 g/mol. The van der Waals surface area contributed by atoms with Gasteiger partial charge in [0.05, 0.1) is 6.04 Å². The highest BCUT2D eigenvalue weighted by atomic mass is 32.1. The molecule has 0 unspecified atom stereocenters. The summed E-state index contributed by atoms with van der Waals surface area (Å²) in [4.78, 5) is 25.1. The number of rotatable bonds is 5. The molecule has 4 aromatic carbocycles. The Hall–Kier alpha value is -2.79. The summed E-state index contributed by atoms with van der Waals surface area (Å²) in [5.41, 5.74) is 0.323. The number of carbonyl (C=O) groups excluding carboxylic acids is 2. The molecule has 0 saturated heterocycles. The van der Waals surface area contributed by atoms with Crippen molar-refractivity contribution in [3.8, 4) is 0 Å². The van der Waals surface area contributed by atoms with Crippen LogP contribution >= 0.6 is 12.6 Å². The minimum absolute atomic E-state index is 0.0918. The largest absolute Gasteiger partial charge is 0.444 e. The number of ether oxygens (including phenoxy) is 1. The maximum atomic E-state index is 13.0. The quantitative estimate of drug-likeness (QED) is 0.331. The van der Waals surface area contributed by atoms with E-state index in [1.807, 2.05) is 6.07 Å². The Morgan fingerprint density at radius 2 is 1.53 bits per heavy atom. The highest BCUT2D eigenvalue weighted by Crippen LogP contribution is 2.36. The van der Waals surface area contributed by atoms with E-state index in [0.29, 0.717) is 0 Å². The number of carbonyl (C=O) groups is 2. The van der Waals surface area contributed by atoms with Gasteiger partial charge in [0.2, 0.25) is 0 Å². The lowest BCUT2D eigenvalue weighted by Gasteiger charge is -2.22. The van der Waals surface area contributed by atoms with Crippen LogP contribution in [0, 0.1) is 0 Å². The summed E-state index contributed by atoms with van der Waals surface area (Å²) in [6.07, 6.45) is -0.389. The van der Waals surface area contributed by atoms with Crippen LogP contribution in [-0.2, 0) is 16.0 Å². The van der Waals surface area contributed by atoms with Crippen LogP contribution in [0.5, 0.6) is 0 Å². The van der Waals surface area contributed by atoms with Gasteiger partial charge in [-0.05, 0) is 58.7 Å². The molecule has 0 aliphatic carbocycles. The molecule has 1 atom stereocenters. The van der Waals surface area contributed by atoms with Crippen LogP contribution in [0.3, 0.4) is 0 Å². The smallest absolute Gasteiger partial charge is 0.408 e. The van der Waals surface area contributed by atoms with Crippen molar-refractivity contribution in [1.82, 2.24) is 5.32 Å². The van der Waals surface area contributed by atoms with Gasteiger partial charge in [-0.3, -0.25) is 4.79 Å². The third kappa shape index (κ3) is 3.94. The molecule has 5 heteroatoms. The number of hydrogen-bond donors (Lipinski definition) is 2. The number of Topliss-reactive ketones (excluding diaryl/α,β-unsaturated/α-hetero) is 1.